The number of hydrogen-bond donors (Lipinski definition) is 5. The van der Waals surface area contributed by atoms with E-state index in [0.29, 0.717) is 4.90 Å². The van der Waals surface area contributed by atoms with Gasteiger partial charge in [-0.05, 0) is 6.42 Å². The predicted molar refractivity (Wildman–Crippen MR) is 83.9 cm³/mol. The first-order valence-corrected chi connectivity index (χ1v) is 7.35. The summed E-state index contributed by atoms with van der Waals surface area (Å²) in [5, 5.41) is 13.4. The van der Waals surface area contributed by atoms with E-state index in [1.807, 2.05) is 0 Å². The van der Waals surface area contributed by atoms with Crippen LogP contribution in [0.1, 0.15) is 19.8 Å². The average molecular weight is 356 g/mol. The number of guanidine groups is 1. The van der Waals surface area contributed by atoms with Gasteiger partial charge in [0.2, 0.25) is 11.8 Å². The number of aliphatic imine (C=N–C) groups is 1. The van der Waals surface area contributed by atoms with E-state index in [-0.39, 0.29) is 19.4 Å². The summed E-state index contributed by atoms with van der Waals surface area (Å²) < 4.78 is 0. The van der Waals surface area contributed by atoms with Gasteiger partial charge in [-0.15, -0.1) is 0 Å². The number of nitrogens with two attached hydrogens (primary N) is 2. The standard InChI is InChI=1S/C13H20N6O6/c1-6(11(23)24)4-16-9(21)5-19-10(22)7(17-13(19)25)2-3-8(20)18-12(14)15/h6-7H,2-5H2,1H3,(H,16,21)(H,17,25)(H,23,24)(H4,14,15,18,20)/t6-,7-/m0/s1. The summed E-state index contributed by atoms with van der Waals surface area (Å²) in [6, 6.07) is -1.73. The van der Waals surface area contributed by atoms with Crippen molar-refractivity contribution in [3.8, 4) is 0 Å². The molecule has 0 aromatic carbocycles. The van der Waals surface area contributed by atoms with Crippen LogP contribution in [0, 0.1) is 5.92 Å². The van der Waals surface area contributed by atoms with Crippen LogP contribution in [-0.2, 0) is 19.2 Å². The summed E-state index contributed by atoms with van der Waals surface area (Å²) in [5.41, 5.74) is 10.1. The lowest BCUT2D eigenvalue weighted by molar-refractivity contribution is -0.141. The summed E-state index contributed by atoms with van der Waals surface area (Å²) in [6.07, 6.45) is -0.181. The molecule has 7 N–H and O–H groups in total. The van der Waals surface area contributed by atoms with Crippen LogP contribution in [0.4, 0.5) is 4.79 Å². The van der Waals surface area contributed by atoms with Gasteiger partial charge >= 0.3 is 12.0 Å². The Morgan fingerprint density at radius 1 is 1.36 bits per heavy atom. The molecule has 2 atom stereocenters. The normalized spacial score (nSPS) is 17.6. The van der Waals surface area contributed by atoms with Gasteiger partial charge in [0, 0.05) is 13.0 Å². The first-order chi connectivity index (χ1) is 11.6. The molecule has 1 heterocycles. The fourth-order valence-electron chi connectivity index (χ4n) is 1.94. The second kappa shape index (κ2) is 8.61. The zero-order chi connectivity index (χ0) is 19.1. The molecule has 0 aromatic rings. The van der Waals surface area contributed by atoms with Crippen molar-refractivity contribution >= 4 is 35.7 Å². The molecule has 0 aromatic heterocycles. The number of carboxylic acid groups (broad SMARTS) is 1. The van der Waals surface area contributed by atoms with Crippen molar-refractivity contribution in [1.82, 2.24) is 15.5 Å². The summed E-state index contributed by atoms with van der Waals surface area (Å²) in [7, 11) is 0. The third-order valence-electron chi connectivity index (χ3n) is 3.34. The van der Waals surface area contributed by atoms with E-state index in [9.17, 15) is 24.0 Å². The van der Waals surface area contributed by atoms with E-state index >= 15 is 0 Å². The summed E-state index contributed by atoms with van der Waals surface area (Å²) >= 11 is 0. The van der Waals surface area contributed by atoms with Crippen molar-refractivity contribution in [3.05, 3.63) is 0 Å². The topological polar surface area (TPSA) is 197 Å². The molecular formula is C13H20N6O6. The quantitative estimate of drug-likeness (QED) is 0.176. The third kappa shape index (κ3) is 6.08. The van der Waals surface area contributed by atoms with Gasteiger partial charge in [-0.3, -0.25) is 24.1 Å². The molecule has 12 nitrogen and oxygen atoms in total. The minimum Gasteiger partial charge on any atom is -0.481 e. The van der Waals surface area contributed by atoms with Crippen LogP contribution in [0.3, 0.4) is 0 Å². The smallest absolute Gasteiger partial charge is 0.325 e. The highest BCUT2D eigenvalue weighted by atomic mass is 16.4. The van der Waals surface area contributed by atoms with E-state index in [4.69, 9.17) is 16.6 Å². The third-order valence-corrected chi connectivity index (χ3v) is 3.34. The zero-order valence-corrected chi connectivity index (χ0v) is 13.5. The lowest BCUT2D eigenvalue weighted by Gasteiger charge is -2.14. The molecule has 1 aliphatic heterocycles. The number of amides is 5. The van der Waals surface area contributed by atoms with Gasteiger partial charge in [0.05, 0.1) is 5.92 Å². The van der Waals surface area contributed by atoms with E-state index in [2.05, 4.69) is 15.6 Å². The second-order valence-corrected chi connectivity index (χ2v) is 5.44. The molecule has 5 amide bonds. The minimum absolute atomic E-state index is 0.0195. The number of imide groups is 1. The molecule has 25 heavy (non-hydrogen) atoms. The maximum atomic E-state index is 12.1. The molecule has 12 heteroatoms. The highest BCUT2D eigenvalue weighted by molar-refractivity contribution is 6.06. The monoisotopic (exact) mass is 356 g/mol. The lowest BCUT2D eigenvalue weighted by Crippen LogP contribution is -2.42. The lowest BCUT2D eigenvalue weighted by atomic mass is 10.1. The summed E-state index contributed by atoms with van der Waals surface area (Å²) in [4.78, 5) is 61.6. The Labute approximate surface area is 142 Å². The van der Waals surface area contributed by atoms with Gasteiger partial charge < -0.3 is 27.2 Å². The van der Waals surface area contributed by atoms with Gasteiger partial charge in [0.25, 0.3) is 5.91 Å². The van der Waals surface area contributed by atoms with Crippen LogP contribution in [0.25, 0.3) is 0 Å². The number of urea groups is 1. The Morgan fingerprint density at radius 2 is 2.00 bits per heavy atom. The Hall–Kier alpha value is -3.18. The Balaban J connectivity index is 2.51. The van der Waals surface area contributed by atoms with Crippen LogP contribution in [0.5, 0.6) is 0 Å². The number of nitrogens with one attached hydrogen (secondary N) is 2. The maximum absolute atomic E-state index is 12.1. The molecule has 0 unspecified atom stereocenters. The molecule has 0 aliphatic carbocycles. The first-order valence-electron chi connectivity index (χ1n) is 7.35. The molecule has 1 rings (SSSR count). The first kappa shape index (κ1) is 19.9. The Morgan fingerprint density at radius 3 is 2.56 bits per heavy atom. The molecule has 0 spiro atoms. The highest BCUT2D eigenvalue weighted by Gasteiger charge is 2.38. The van der Waals surface area contributed by atoms with Crippen molar-refractivity contribution < 1.29 is 29.1 Å². The SMILES string of the molecule is C[C@@H](CNC(=O)CN1C(=O)N[C@@H](CCC(=O)N=C(N)N)C1=O)C(=O)O. The highest BCUT2D eigenvalue weighted by Crippen LogP contribution is 2.11. The molecule has 0 bridgehead atoms. The minimum atomic E-state index is -1.08. The molecule has 0 radical (unpaired) electrons. The molecular weight excluding hydrogens is 336 g/mol. The van der Waals surface area contributed by atoms with Gasteiger partial charge in [-0.25, -0.2) is 4.79 Å². The zero-order valence-electron chi connectivity index (χ0n) is 13.5. The number of nitrogens with zero attached hydrogens (tertiary/aromatic N) is 2. The second-order valence-electron chi connectivity index (χ2n) is 5.44. The van der Waals surface area contributed by atoms with Crippen LogP contribution < -0.4 is 22.1 Å². The van der Waals surface area contributed by atoms with Crippen LogP contribution in [0.2, 0.25) is 0 Å². The van der Waals surface area contributed by atoms with Gasteiger partial charge in [0.15, 0.2) is 5.96 Å². The fraction of sp³-hybridized carbons (Fsp3) is 0.538. The van der Waals surface area contributed by atoms with E-state index in [1.165, 1.54) is 6.92 Å². The van der Waals surface area contributed by atoms with Crippen molar-refractivity contribution in [1.29, 1.82) is 0 Å². The van der Waals surface area contributed by atoms with Crippen LogP contribution in [-0.4, -0.2) is 64.8 Å². The number of hydrogen-bond acceptors (Lipinski definition) is 5. The molecule has 1 fully saturated rings. The van der Waals surface area contributed by atoms with E-state index < -0.39 is 54.2 Å². The van der Waals surface area contributed by atoms with Gasteiger partial charge in [0.1, 0.15) is 12.6 Å². The van der Waals surface area contributed by atoms with Crippen molar-refractivity contribution in [3.63, 3.8) is 0 Å². The van der Waals surface area contributed by atoms with Crippen molar-refractivity contribution in [2.75, 3.05) is 13.1 Å². The number of carboxylic acids is 1. The molecule has 138 valence electrons. The predicted octanol–water partition coefficient (Wildman–Crippen LogP) is -2.68. The summed E-state index contributed by atoms with van der Waals surface area (Å²) in [6.45, 7) is 0.726. The maximum Gasteiger partial charge on any atom is 0.325 e. The van der Waals surface area contributed by atoms with Gasteiger partial charge in [-0.2, -0.15) is 4.99 Å². The number of aliphatic carboxylic acids is 1. The van der Waals surface area contributed by atoms with Gasteiger partial charge in [-0.1, -0.05) is 6.92 Å². The number of carbonyl (C=O) groups is 5. The van der Waals surface area contributed by atoms with Crippen LogP contribution >= 0.6 is 0 Å². The van der Waals surface area contributed by atoms with Crippen LogP contribution in [0.15, 0.2) is 4.99 Å². The number of rotatable bonds is 8. The molecule has 1 saturated heterocycles. The van der Waals surface area contributed by atoms with E-state index in [0.717, 1.165) is 0 Å². The average Bonchev–Trinajstić information content (AvgIpc) is 2.77. The van der Waals surface area contributed by atoms with Crippen molar-refractivity contribution in [2.45, 2.75) is 25.8 Å². The Bertz CT molecular complexity index is 614. The van der Waals surface area contributed by atoms with Crippen molar-refractivity contribution in [2.24, 2.45) is 22.4 Å². The summed E-state index contributed by atoms with van der Waals surface area (Å²) in [5.74, 6) is -4.26. The van der Waals surface area contributed by atoms with E-state index in [1.54, 1.807) is 0 Å². The fourth-order valence-corrected chi connectivity index (χ4v) is 1.94. The largest absolute Gasteiger partial charge is 0.481 e. The molecule has 0 saturated carbocycles. The Kier molecular flexibility index (Phi) is 6.84. The number of carbonyl (C=O) groups excluding carboxylic acids is 4. The molecule has 1 aliphatic rings.